The molecule has 1 unspecified atom stereocenters. The summed E-state index contributed by atoms with van der Waals surface area (Å²) in [6.07, 6.45) is 3.72. The summed E-state index contributed by atoms with van der Waals surface area (Å²) in [6.45, 7) is 1.96. The van der Waals surface area contributed by atoms with E-state index in [-0.39, 0.29) is 6.04 Å². The summed E-state index contributed by atoms with van der Waals surface area (Å²) < 4.78 is 5.29. The Labute approximate surface area is 99.2 Å². The summed E-state index contributed by atoms with van der Waals surface area (Å²) in [4.78, 5) is 0. The van der Waals surface area contributed by atoms with Crippen molar-refractivity contribution in [1.29, 1.82) is 0 Å². The number of thiophene rings is 1. The number of hydrogen-bond acceptors (Lipinski definition) is 4. The van der Waals surface area contributed by atoms with E-state index in [0.29, 0.717) is 0 Å². The molecule has 1 atom stereocenters. The van der Waals surface area contributed by atoms with Gasteiger partial charge < -0.3 is 4.42 Å². The molecule has 0 aliphatic heterocycles. The number of nitrogens with two attached hydrogens (primary N) is 1. The third-order valence-electron chi connectivity index (χ3n) is 2.78. The Bertz CT molecular complexity index is 422. The van der Waals surface area contributed by atoms with Gasteiger partial charge >= 0.3 is 0 Å². The molecule has 0 saturated carbocycles. The van der Waals surface area contributed by atoms with E-state index in [9.17, 15) is 0 Å². The Morgan fingerprint density at radius 2 is 2.38 bits per heavy atom. The van der Waals surface area contributed by atoms with Gasteiger partial charge in [0.2, 0.25) is 0 Å². The zero-order valence-electron chi connectivity index (χ0n) is 9.27. The predicted octanol–water partition coefficient (Wildman–Crippen LogP) is 2.79. The van der Waals surface area contributed by atoms with Crippen molar-refractivity contribution in [1.82, 2.24) is 5.43 Å². The van der Waals surface area contributed by atoms with Crippen LogP contribution in [0.2, 0.25) is 0 Å². The molecule has 4 heteroatoms. The second-order valence-electron chi connectivity index (χ2n) is 3.82. The van der Waals surface area contributed by atoms with Crippen molar-refractivity contribution in [3.05, 3.63) is 46.0 Å². The van der Waals surface area contributed by atoms with E-state index in [0.717, 1.165) is 24.2 Å². The molecule has 2 aromatic heterocycles. The number of rotatable bonds is 5. The van der Waals surface area contributed by atoms with Gasteiger partial charge in [0.1, 0.15) is 5.76 Å². The Morgan fingerprint density at radius 1 is 1.50 bits per heavy atom. The summed E-state index contributed by atoms with van der Waals surface area (Å²) in [5.74, 6) is 6.52. The fourth-order valence-corrected chi connectivity index (χ4v) is 2.53. The highest BCUT2D eigenvalue weighted by molar-refractivity contribution is 7.07. The van der Waals surface area contributed by atoms with Crippen LogP contribution in [0.5, 0.6) is 0 Å². The van der Waals surface area contributed by atoms with Crippen molar-refractivity contribution in [2.75, 3.05) is 0 Å². The molecule has 3 nitrogen and oxygen atoms in total. The minimum atomic E-state index is 0.165. The molecule has 3 N–H and O–H groups in total. The van der Waals surface area contributed by atoms with Gasteiger partial charge in [0, 0.05) is 11.6 Å². The maximum absolute atomic E-state index is 5.58. The molecule has 2 heterocycles. The van der Waals surface area contributed by atoms with Crippen LogP contribution in [-0.2, 0) is 6.42 Å². The second kappa shape index (κ2) is 5.30. The summed E-state index contributed by atoms with van der Waals surface area (Å²) >= 11 is 1.73. The zero-order chi connectivity index (χ0) is 11.4. The van der Waals surface area contributed by atoms with E-state index in [1.165, 1.54) is 5.56 Å². The normalized spacial score (nSPS) is 12.9. The maximum atomic E-state index is 5.58. The van der Waals surface area contributed by atoms with E-state index < -0.39 is 0 Å². The van der Waals surface area contributed by atoms with Crippen LogP contribution < -0.4 is 11.3 Å². The highest BCUT2D eigenvalue weighted by atomic mass is 32.1. The number of nitrogens with one attached hydrogen (secondary N) is 1. The van der Waals surface area contributed by atoms with Crippen molar-refractivity contribution in [2.45, 2.75) is 25.8 Å². The SMILES string of the molecule is Cc1occc1C(CCc1ccsc1)NN. The Hall–Kier alpha value is -1.10. The molecular weight excluding hydrogens is 220 g/mol. The van der Waals surface area contributed by atoms with Gasteiger partial charge in [-0.15, -0.1) is 0 Å². The van der Waals surface area contributed by atoms with Crippen LogP contribution in [0.25, 0.3) is 0 Å². The van der Waals surface area contributed by atoms with Crippen LogP contribution in [-0.4, -0.2) is 0 Å². The van der Waals surface area contributed by atoms with Crippen molar-refractivity contribution >= 4 is 11.3 Å². The van der Waals surface area contributed by atoms with Gasteiger partial charge in [0.15, 0.2) is 0 Å². The fourth-order valence-electron chi connectivity index (χ4n) is 1.83. The minimum Gasteiger partial charge on any atom is -0.469 e. The molecule has 0 spiro atoms. The van der Waals surface area contributed by atoms with Gasteiger partial charge in [-0.2, -0.15) is 11.3 Å². The molecule has 86 valence electrons. The van der Waals surface area contributed by atoms with Crippen molar-refractivity contribution in [2.24, 2.45) is 5.84 Å². The molecule has 2 aromatic rings. The van der Waals surface area contributed by atoms with Crippen LogP contribution in [0.1, 0.15) is 29.3 Å². The van der Waals surface area contributed by atoms with Crippen molar-refractivity contribution in [3.63, 3.8) is 0 Å². The topological polar surface area (TPSA) is 51.2 Å². The number of hydrogen-bond donors (Lipinski definition) is 2. The lowest BCUT2D eigenvalue weighted by Crippen LogP contribution is -2.28. The molecule has 0 aromatic carbocycles. The average molecular weight is 236 g/mol. The molecule has 0 radical (unpaired) electrons. The first kappa shape index (κ1) is 11.4. The fraction of sp³-hybridized carbons (Fsp3) is 0.333. The smallest absolute Gasteiger partial charge is 0.105 e. The van der Waals surface area contributed by atoms with Gasteiger partial charge in [0.05, 0.1) is 6.26 Å². The summed E-state index contributed by atoms with van der Waals surface area (Å²) in [7, 11) is 0. The van der Waals surface area contributed by atoms with Crippen molar-refractivity contribution in [3.8, 4) is 0 Å². The first-order chi connectivity index (χ1) is 7.81. The van der Waals surface area contributed by atoms with Gasteiger partial charge in [0.25, 0.3) is 0 Å². The Balaban J connectivity index is 1.99. The summed E-state index contributed by atoms with van der Waals surface area (Å²) in [5, 5.41) is 4.28. The average Bonchev–Trinajstić information content (AvgIpc) is 2.92. The van der Waals surface area contributed by atoms with Crippen LogP contribution in [0, 0.1) is 6.92 Å². The van der Waals surface area contributed by atoms with E-state index in [1.807, 2.05) is 13.0 Å². The largest absolute Gasteiger partial charge is 0.469 e. The van der Waals surface area contributed by atoms with E-state index in [4.69, 9.17) is 10.3 Å². The monoisotopic (exact) mass is 236 g/mol. The molecule has 0 fully saturated rings. The Morgan fingerprint density at radius 3 is 2.94 bits per heavy atom. The van der Waals surface area contributed by atoms with Gasteiger partial charge in [-0.25, -0.2) is 0 Å². The van der Waals surface area contributed by atoms with Crippen LogP contribution in [0.15, 0.2) is 33.6 Å². The number of furan rings is 1. The molecule has 0 aliphatic rings. The summed E-state index contributed by atoms with van der Waals surface area (Å²) in [5.41, 5.74) is 5.37. The molecule has 0 saturated heterocycles. The number of hydrazine groups is 1. The molecule has 16 heavy (non-hydrogen) atoms. The minimum absolute atomic E-state index is 0.165. The standard InChI is InChI=1S/C12H16N2OS/c1-9-11(4-6-15-9)12(14-13)3-2-10-5-7-16-8-10/h4-8,12,14H,2-3,13H2,1H3. The third kappa shape index (κ3) is 2.52. The van der Waals surface area contributed by atoms with Gasteiger partial charge in [-0.05, 0) is 48.2 Å². The molecule has 2 rings (SSSR count). The van der Waals surface area contributed by atoms with Gasteiger partial charge in [-0.1, -0.05) is 0 Å². The highest BCUT2D eigenvalue weighted by Crippen LogP contribution is 2.23. The van der Waals surface area contributed by atoms with Crippen LogP contribution in [0.3, 0.4) is 0 Å². The molecular formula is C12H16N2OS. The van der Waals surface area contributed by atoms with Crippen molar-refractivity contribution < 1.29 is 4.42 Å². The first-order valence-corrected chi connectivity index (χ1v) is 6.26. The first-order valence-electron chi connectivity index (χ1n) is 5.32. The predicted molar refractivity (Wildman–Crippen MR) is 66.1 cm³/mol. The van der Waals surface area contributed by atoms with E-state index >= 15 is 0 Å². The quantitative estimate of drug-likeness (QED) is 0.620. The maximum Gasteiger partial charge on any atom is 0.105 e. The van der Waals surface area contributed by atoms with E-state index in [2.05, 4.69) is 22.3 Å². The lowest BCUT2D eigenvalue weighted by molar-refractivity contribution is 0.486. The summed E-state index contributed by atoms with van der Waals surface area (Å²) in [6, 6.07) is 4.30. The molecule has 0 aliphatic carbocycles. The van der Waals surface area contributed by atoms with E-state index in [1.54, 1.807) is 17.6 Å². The molecule has 0 amide bonds. The lowest BCUT2D eigenvalue weighted by Gasteiger charge is -2.14. The zero-order valence-corrected chi connectivity index (χ0v) is 10.1. The lowest BCUT2D eigenvalue weighted by atomic mass is 10.0. The van der Waals surface area contributed by atoms with Crippen LogP contribution >= 0.6 is 11.3 Å². The Kier molecular flexibility index (Phi) is 3.77. The molecule has 0 bridgehead atoms. The highest BCUT2D eigenvalue weighted by Gasteiger charge is 2.14. The second-order valence-corrected chi connectivity index (χ2v) is 4.60. The third-order valence-corrected chi connectivity index (χ3v) is 3.51. The number of aryl methyl sites for hydroxylation is 2. The van der Waals surface area contributed by atoms with Crippen LogP contribution in [0.4, 0.5) is 0 Å². The van der Waals surface area contributed by atoms with Gasteiger partial charge in [-0.3, -0.25) is 11.3 Å².